The number of benzene rings is 1. The first-order valence-electron chi connectivity index (χ1n) is 12.5. The highest BCUT2D eigenvalue weighted by Crippen LogP contribution is 2.30. The van der Waals surface area contributed by atoms with E-state index >= 15 is 4.39 Å². The molecule has 0 bridgehead atoms. The van der Waals surface area contributed by atoms with E-state index in [9.17, 15) is 14.9 Å². The second-order valence-corrected chi connectivity index (χ2v) is 10.7. The summed E-state index contributed by atoms with van der Waals surface area (Å²) >= 11 is 0. The van der Waals surface area contributed by atoms with Gasteiger partial charge in [0.25, 0.3) is 5.91 Å². The topological polar surface area (TPSA) is 121 Å². The second kappa shape index (κ2) is 10.5. The van der Waals surface area contributed by atoms with Gasteiger partial charge >= 0.3 is 6.09 Å². The van der Waals surface area contributed by atoms with Crippen LogP contribution < -0.4 is 10.2 Å². The summed E-state index contributed by atoms with van der Waals surface area (Å²) in [5, 5.41) is 12.9. The van der Waals surface area contributed by atoms with Gasteiger partial charge in [-0.05, 0) is 39.8 Å². The van der Waals surface area contributed by atoms with Gasteiger partial charge in [-0.1, -0.05) is 0 Å². The van der Waals surface area contributed by atoms with Crippen molar-refractivity contribution in [1.82, 2.24) is 20.2 Å². The number of halogens is 1. The molecule has 2 atom stereocenters. The number of fused-ring (bicyclic) bond motifs is 1. The molecule has 198 valence electrons. The number of anilines is 1. The Hall–Kier alpha value is -3.52. The van der Waals surface area contributed by atoms with Gasteiger partial charge in [0.1, 0.15) is 23.7 Å². The van der Waals surface area contributed by atoms with Gasteiger partial charge in [0.05, 0.1) is 30.3 Å². The number of hydrogen-bond donors (Lipinski definition) is 1. The first-order valence-corrected chi connectivity index (χ1v) is 12.5. The van der Waals surface area contributed by atoms with Gasteiger partial charge in [-0.25, -0.2) is 19.2 Å². The van der Waals surface area contributed by atoms with Crippen LogP contribution in [0, 0.1) is 11.3 Å². The Bertz CT molecular complexity index is 1200. The zero-order valence-electron chi connectivity index (χ0n) is 21.7. The van der Waals surface area contributed by atoms with Crippen molar-refractivity contribution < 1.29 is 23.5 Å². The zero-order chi connectivity index (χ0) is 26.8. The van der Waals surface area contributed by atoms with E-state index < -0.39 is 29.4 Å². The Morgan fingerprint density at radius 2 is 2.03 bits per heavy atom. The molecule has 4 rings (SSSR count). The molecule has 1 N–H and O–H groups in total. The van der Waals surface area contributed by atoms with Crippen molar-refractivity contribution in [3.8, 4) is 6.07 Å². The smallest absolute Gasteiger partial charge is 0.410 e. The Morgan fingerprint density at radius 3 is 2.70 bits per heavy atom. The molecule has 2 amide bonds. The summed E-state index contributed by atoms with van der Waals surface area (Å²) in [5.74, 6) is -0.391. The number of piperidine rings is 1. The zero-order valence-corrected chi connectivity index (χ0v) is 21.7. The molecule has 0 aliphatic carbocycles. The fraction of sp³-hybridized carbons (Fsp3) is 0.577. The molecule has 2 fully saturated rings. The SMILES string of the molecule is C[C@@H]1CN(c2ccc(C#N)c3ncncc23)C[C@H](C(=O)NCC2(F)CCN(C(=O)OC(C)(C)C)CC2)O1. The summed E-state index contributed by atoms with van der Waals surface area (Å²) < 4.78 is 26.7. The molecule has 0 saturated carbocycles. The van der Waals surface area contributed by atoms with Crippen LogP contribution in [0.2, 0.25) is 0 Å². The first-order chi connectivity index (χ1) is 17.5. The van der Waals surface area contributed by atoms with Crippen molar-refractivity contribution in [1.29, 1.82) is 5.26 Å². The van der Waals surface area contributed by atoms with Crippen LogP contribution in [0.1, 0.15) is 46.1 Å². The quantitative estimate of drug-likeness (QED) is 0.664. The number of nitrogens with one attached hydrogen (secondary N) is 1. The molecule has 3 heterocycles. The van der Waals surface area contributed by atoms with Crippen LogP contribution in [0.3, 0.4) is 0 Å². The summed E-state index contributed by atoms with van der Waals surface area (Å²) in [4.78, 5) is 37.2. The van der Waals surface area contributed by atoms with E-state index in [0.29, 0.717) is 23.0 Å². The molecule has 2 saturated heterocycles. The van der Waals surface area contributed by atoms with E-state index in [1.807, 2.05) is 17.9 Å². The Morgan fingerprint density at radius 1 is 1.30 bits per heavy atom. The largest absolute Gasteiger partial charge is 0.444 e. The number of carbonyl (C=O) groups is 2. The van der Waals surface area contributed by atoms with Gasteiger partial charge in [0.15, 0.2) is 6.10 Å². The minimum Gasteiger partial charge on any atom is -0.444 e. The van der Waals surface area contributed by atoms with Crippen molar-refractivity contribution in [2.75, 3.05) is 37.6 Å². The van der Waals surface area contributed by atoms with E-state index in [1.165, 1.54) is 11.2 Å². The average Bonchev–Trinajstić information content (AvgIpc) is 2.85. The van der Waals surface area contributed by atoms with Crippen LogP contribution in [0.15, 0.2) is 24.7 Å². The lowest BCUT2D eigenvalue weighted by molar-refractivity contribution is -0.138. The second-order valence-electron chi connectivity index (χ2n) is 10.7. The molecule has 2 aromatic rings. The molecular formula is C26H33FN6O4. The van der Waals surface area contributed by atoms with Gasteiger partial charge in [0, 0.05) is 49.7 Å². The van der Waals surface area contributed by atoms with E-state index in [0.717, 1.165) is 5.69 Å². The Labute approximate surface area is 215 Å². The number of ether oxygens (including phenoxy) is 2. The molecule has 2 aliphatic rings. The van der Waals surface area contributed by atoms with Crippen molar-refractivity contribution in [2.24, 2.45) is 0 Å². The van der Waals surface area contributed by atoms with Crippen LogP contribution in [-0.2, 0) is 14.3 Å². The average molecular weight is 513 g/mol. The van der Waals surface area contributed by atoms with E-state index in [-0.39, 0.29) is 45.1 Å². The van der Waals surface area contributed by atoms with Gasteiger partial charge in [-0.2, -0.15) is 5.26 Å². The fourth-order valence-electron chi connectivity index (χ4n) is 4.67. The van der Waals surface area contributed by atoms with Crippen LogP contribution in [0.25, 0.3) is 10.9 Å². The lowest BCUT2D eigenvalue weighted by atomic mass is 9.93. The molecule has 0 radical (unpaired) electrons. The van der Waals surface area contributed by atoms with Gasteiger partial charge < -0.3 is 24.6 Å². The Balaban J connectivity index is 1.37. The minimum absolute atomic E-state index is 0.109. The maximum absolute atomic E-state index is 15.5. The van der Waals surface area contributed by atoms with Crippen LogP contribution >= 0.6 is 0 Å². The number of rotatable bonds is 4. The van der Waals surface area contributed by atoms with Crippen LogP contribution in [0.5, 0.6) is 0 Å². The third kappa shape index (κ3) is 6.25. The Kier molecular flexibility index (Phi) is 7.50. The van der Waals surface area contributed by atoms with Crippen molar-refractivity contribution in [2.45, 2.75) is 64.0 Å². The maximum Gasteiger partial charge on any atom is 0.410 e. The number of hydrogen-bond acceptors (Lipinski definition) is 8. The number of morpholine rings is 1. The van der Waals surface area contributed by atoms with E-state index in [1.54, 1.807) is 33.0 Å². The normalized spacial score (nSPS) is 21.8. The monoisotopic (exact) mass is 512 g/mol. The standard InChI is InChI=1S/C26H33FN6O4/c1-17-13-33(20-6-5-18(11-28)22-19(20)12-29-16-31-22)14-21(36-17)23(34)30-15-26(27)7-9-32(10-8-26)24(35)37-25(2,3)4/h5-6,12,16-17,21H,7-10,13-15H2,1-4H3,(H,30,34)/t17-,21-/m1/s1. The van der Waals surface area contributed by atoms with Crippen molar-refractivity contribution in [3.05, 3.63) is 30.2 Å². The molecule has 37 heavy (non-hydrogen) atoms. The van der Waals surface area contributed by atoms with Crippen molar-refractivity contribution >= 4 is 28.6 Å². The number of aromatic nitrogens is 2. The molecule has 2 aliphatic heterocycles. The third-order valence-electron chi connectivity index (χ3n) is 6.56. The number of nitrogens with zero attached hydrogens (tertiary/aromatic N) is 5. The number of nitriles is 1. The fourth-order valence-corrected chi connectivity index (χ4v) is 4.67. The molecule has 11 heteroatoms. The third-order valence-corrected chi connectivity index (χ3v) is 6.56. The lowest BCUT2D eigenvalue weighted by Gasteiger charge is -2.39. The minimum atomic E-state index is -1.62. The van der Waals surface area contributed by atoms with E-state index in [4.69, 9.17) is 9.47 Å². The van der Waals surface area contributed by atoms with Crippen LogP contribution in [-0.4, -0.2) is 83.1 Å². The molecule has 0 unspecified atom stereocenters. The summed E-state index contributed by atoms with van der Waals surface area (Å²) in [6.07, 6.45) is 1.76. The summed E-state index contributed by atoms with van der Waals surface area (Å²) in [7, 11) is 0. The number of alkyl halides is 1. The van der Waals surface area contributed by atoms with Crippen molar-refractivity contribution in [3.63, 3.8) is 0 Å². The molecular weight excluding hydrogens is 479 g/mol. The summed E-state index contributed by atoms with van der Waals surface area (Å²) in [6.45, 7) is 8.32. The predicted molar refractivity (Wildman–Crippen MR) is 135 cm³/mol. The highest BCUT2D eigenvalue weighted by atomic mass is 19.1. The number of amides is 2. The molecule has 10 nitrogen and oxygen atoms in total. The lowest BCUT2D eigenvalue weighted by Crippen LogP contribution is -2.55. The predicted octanol–water partition coefficient (Wildman–Crippen LogP) is 2.95. The first kappa shape index (κ1) is 26.5. The molecule has 1 aromatic carbocycles. The molecule has 1 aromatic heterocycles. The highest BCUT2D eigenvalue weighted by molar-refractivity contribution is 5.95. The summed E-state index contributed by atoms with van der Waals surface area (Å²) in [6, 6.07) is 5.67. The van der Waals surface area contributed by atoms with E-state index in [2.05, 4.69) is 21.4 Å². The van der Waals surface area contributed by atoms with Crippen LogP contribution in [0.4, 0.5) is 14.9 Å². The molecule has 0 spiro atoms. The van der Waals surface area contributed by atoms with Gasteiger partial charge in [-0.3, -0.25) is 4.79 Å². The number of likely N-dealkylation sites (tertiary alicyclic amines) is 1. The highest BCUT2D eigenvalue weighted by Gasteiger charge is 2.39. The number of carbonyl (C=O) groups excluding carboxylic acids is 2. The maximum atomic E-state index is 15.5. The summed E-state index contributed by atoms with van der Waals surface area (Å²) in [5.41, 5.74) is -0.430. The van der Waals surface area contributed by atoms with Gasteiger partial charge in [0.2, 0.25) is 0 Å². The van der Waals surface area contributed by atoms with Gasteiger partial charge in [-0.15, -0.1) is 0 Å².